The maximum Gasteiger partial charge on any atom is 0.0849 e. The SMILES string of the molecule is CC(C)CCC(O)C(C)(C)O. The van der Waals surface area contributed by atoms with E-state index in [2.05, 4.69) is 13.8 Å². The average Bonchev–Trinajstić information content (AvgIpc) is 1.80. The molecule has 0 heterocycles. The molecule has 0 fully saturated rings. The van der Waals surface area contributed by atoms with Gasteiger partial charge in [0.05, 0.1) is 11.7 Å². The van der Waals surface area contributed by atoms with Gasteiger partial charge in [0, 0.05) is 0 Å². The average molecular weight is 160 g/mol. The van der Waals surface area contributed by atoms with Crippen molar-refractivity contribution in [1.82, 2.24) is 0 Å². The Bertz CT molecular complexity index is 103. The zero-order valence-corrected chi connectivity index (χ0v) is 7.96. The summed E-state index contributed by atoms with van der Waals surface area (Å²) in [6.07, 6.45) is 1.05. The molecular weight excluding hydrogens is 140 g/mol. The second-order valence-electron chi connectivity index (χ2n) is 4.14. The summed E-state index contributed by atoms with van der Waals surface area (Å²) in [7, 11) is 0. The third-order valence-electron chi connectivity index (χ3n) is 1.83. The van der Waals surface area contributed by atoms with Crippen molar-refractivity contribution < 1.29 is 10.2 Å². The van der Waals surface area contributed by atoms with Crippen LogP contribution in [0.5, 0.6) is 0 Å². The Morgan fingerprint density at radius 2 is 1.64 bits per heavy atom. The van der Waals surface area contributed by atoms with E-state index in [1.807, 2.05) is 0 Å². The minimum absolute atomic E-state index is 0.590. The van der Waals surface area contributed by atoms with E-state index >= 15 is 0 Å². The molecule has 0 aromatic heterocycles. The van der Waals surface area contributed by atoms with Crippen LogP contribution in [0.25, 0.3) is 0 Å². The van der Waals surface area contributed by atoms with Gasteiger partial charge in [-0.1, -0.05) is 13.8 Å². The molecule has 0 saturated heterocycles. The maximum absolute atomic E-state index is 9.38. The number of aliphatic hydroxyl groups excluding tert-OH is 1. The quantitative estimate of drug-likeness (QED) is 0.655. The van der Waals surface area contributed by atoms with Crippen molar-refractivity contribution >= 4 is 0 Å². The van der Waals surface area contributed by atoms with Gasteiger partial charge in [-0.2, -0.15) is 0 Å². The van der Waals surface area contributed by atoms with Crippen LogP contribution in [0.1, 0.15) is 40.5 Å². The highest BCUT2D eigenvalue weighted by Gasteiger charge is 2.23. The topological polar surface area (TPSA) is 40.5 Å². The summed E-state index contributed by atoms with van der Waals surface area (Å²) in [6.45, 7) is 7.49. The van der Waals surface area contributed by atoms with Gasteiger partial charge in [0.25, 0.3) is 0 Å². The smallest absolute Gasteiger partial charge is 0.0849 e. The van der Waals surface area contributed by atoms with Crippen LogP contribution in [-0.4, -0.2) is 21.9 Å². The van der Waals surface area contributed by atoms with E-state index in [-0.39, 0.29) is 0 Å². The van der Waals surface area contributed by atoms with E-state index in [1.54, 1.807) is 13.8 Å². The Hall–Kier alpha value is -0.0800. The van der Waals surface area contributed by atoms with Crippen molar-refractivity contribution in [2.45, 2.75) is 52.2 Å². The van der Waals surface area contributed by atoms with Gasteiger partial charge in [0.1, 0.15) is 0 Å². The molecule has 0 aromatic rings. The first-order valence-corrected chi connectivity index (χ1v) is 4.24. The standard InChI is InChI=1S/C9H20O2/c1-7(2)5-6-8(10)9(3,4)11/h7-8,10-11H,5-6H2,1-4H3. The van der Waals surface area contributed by atoms with Crippen LogP contribution in [0, 0.1) is 5.92 Å². The molecule has 0 amide bonds. The molecule has 1 atom stereocenters. The van der Waals surface area contributed by atoms with Gasteiger partial charge in [0.15, 0.2) is 0 Å². The van der Waals surface area contributed by atoms with Crippen molar-refractivity contribution in [3.05, 3.63) is 0 Å². The number of hydrogen-bond donors (Lipinski definition) is 2. The fraction of sp³-hybridized carbons (Fsp3) is 1.00. The lowest BCUT2D eigenvalue weighted by Gasteiger charge is -2.24. The first kappa shape index (κ1) is 10.9. The number of rotatable bonds is 4. The molecule has 0 aliphatic carbocycles. The Kier molecular flexibility index (Phi) is 4.04. The Labute approximate surface area is 69.2 Å². The predicted molar refractivity (Wildman–Crippen MR) is 46.4 cm³/mol. The largest absolute Gasteiger partial charge is 0.390 e. The van der Waals surface area contributed by atoms with Crippen molar-refractivity contribution in [3.63, 3.8) is 0 Å². The van der Waals surface area contributed by atoms with Crippen LogP contribution >= 0.6 is 0 Å². The molecule has 0 saturated carbocycles. The lowest BCUT2D eigenvalue weighted by Crippen LogP contribution is -2.35. The fourth-order valence-electron chi connectivity index (χ4n) is 0.844. The molecule has 0 spiro atoms. The van der Waals surface area contributed by atoms with E-state index < -0.39 is 11.7 Å². The first-order valence-electron chi connectivity index (χ1n) is 4.24. The van der Waals surface area contributed by atoms with Crippen LogP contribution in [-0.2, 0) is 0 Å². The van der Waals surface area contributed by atoms with E-state index in [4.69, 9.17) is 0 Å². The van der Waals surface area contributed by atoms with Gasteiger partial charge in [-0.05, 0) is 32.6 Å². The summed E-state index contributed by atoms with van der Waals surface area (Å²) in [5, 5.41) is 18.7. The summed E-state index contributed by atoms with van der Waals surface area (Å²) >= 11 is 0. The third kappa shape index (κ3) is 5.22. The molecule has 0 radical (unpaired) electrons. The van der Waals surface area contributed by atoms with Crippen LogP contribution in [0.3, 0.4) is 0 Å². The van der Waals surface area contributed by atoms with Gasteiger partial charge in [-0.25, -0.2) is 0 Å². The summed E-state index contributed by atoms with van der Waals surface area (Å²) < 4.78 is 0. The summed E-state index contributed by atoms with van der Waals surface area (Å²) in [4.78, 5) is 0. The highest BCUT2D eigenvalue weighted by molar-refractivity contribution is 4.76. The van der Waals surface area contributed by atoms with E-state index in [9.17, 15) is 10.2 Å². The van der Waals surface area contributed by atoms with Crippen molar-refractivity contribution in [1.29, 1.82) is 0 Å². The fourth-order valence-corrected chi connectivity index (χ4v) is 0.844. The lowest BCUT2D eigenvalue weighted by molar-refractivity contribution is -0.0531. The lowest BCUT2D eigenvalue weighted by atomic mass is 9.95. The second-order valence-corrected chi connectivity index (χ2v) is 4.14. The number of aliphatic hydroxyl groups is 2. The van der Waals surface area contributed by atoms with Gasteiger partial charge in [0.2, 0.25) is 0 Å². The predicted octanol–water partition coefficient (Wildman–Crippen LogP) is 1.55. The second kappa shape index (κ2) is 4.07. The molecule has 2 N–H and O–H groups in total. The van der Waals surface area contributed by atoms with Crippen molar-refractivity contribution in [3.8, 4) is 0 Å². The molecule has 2 nitrogen and oxygen atoms in total. The highest BCUT2D eigenvalue weighted by Crippen LogP contribution is 2.16. The van der Waals surface area contributed by atoms with Gasteiger partial charge in [-0.15, -0.1) is 0 Å². The molecule has 0 aliphatic heterocycles. The Morgan fingerprint density at radius 3 is 1.91 bits per heavy atom. The van der Waals surface area contributed by atoms with E-state index in [1.165, 1.54) is 0 Å². The highest BCUT2D eigenvalue weighted by atomic mass is 16.3. The molecule has 11 heavy (non-hydrogen) atoms. The number of hydrogen-bond acceptors (Lipinski definition) is 2. The van der Waals surface area contributed by atoms with Crippen LogP contribution in [0.15, 0.2) is 0 Å². The zero-order chi connectivity index (χ0) is 9.07. The normalized spacial score (nSPS) is 15.5. The molecule has 0 aliphatic rings. The Balaban J connectivity index is 3.61. The molecule has 0 rings (SSSR count). The summed E-state index contributed by atoms with van der Waals surface area (Å²) in [6, 6.07) is 0. The van der Waals surface area contributed by atoms with Gasteiger partial charge >= 0.3 is 0 Å². The maximum atomic E-state index is 9.38. The van der Waals surface area contributed by atoms with E-state index in [0.29, 0.717) is 12.3 Å². The van der Waals surface area contributed by atoms with E-state index in [0.717, 1.165) is 6.42 Å². The molecular formula is C9H20O2. The molecule has 1 unspecified atom stereocenters. The summed E-state index contributed by atoms with van der Waals surface area (Å²) in [5.74, 6) is 0.590. The zero-order valence-electron chi connectivity index (χ0n) is 7.96. The van der Waals surface area contributed by atoms with Crippen LogP contribution < -0.4 is 0 Å². The van der Waals surface area contributed by atoms with Crippen molar-refractivity contribution in [2.75, 3.05) is 0 Å². The third-order valence-corrected chi connectivity index (χ3v) is 1.83. The molecule has 2 heteroatoms. The minimum Gasteiger partial charge on any atom is -0.390 e. The minimum atomic E-state index is -0.950. The Morgan fingerprint density at radius 1 is 1.18 bits per heavy atom. The first-order chi connectivity index (χ1) is 4.84. The van der Waals surface area contributed by atoms with Gasteiger partial charge in [-0.3, -0.25) is 0 Å². The van der Waals surface area contributed by atoms with Crippen LogP contribution in [0.4, 0.5) is 0 Å². The van der Waals surface area contributed by atoms with Crippen molar-refractivity contribution in [2.24, 2.45) is 5.92 Å². The molecule has 68 valence electrons. The van der Waals surface area contributed by atoms with Crippen LogP contribution in [0.2, 0.25) is 0 Å². The molecule has 0 aromatic carbocycles. The molecule has 0 bridgehead atoms. The van der Waals surface area contributed by atoms with Gasteiger partial charge < -0.3 is 10.2 Å². The summed E-state index contributed by atoms with van der Waals surface area (Å²) in [5.41, 5.74) is -0.950. The monoisotopic (exact) mass is 160 g/mol.